The van der Waals surface area contributed by atoms with Crippen molar-refractivity contribution in [2.24, 2.45) is 0 Å². The van der Waals surface area contributed by atoms with Gasteiger partial charge in [-0.05, 0) is 19.1 Å². The topological polar surface area (TPSA) is 78.2 Å². The molecular formula is C12H14N2O3S. The molecule has 1 rings (SSSR count). The van der Waals surface area contributed by atoms with Crippen molar-refractivity contribution in [1.82, 2.24) is 0 Å². The minimum atomic E-state index is -3.45. The van der Waals surface area contributed by atoms with Crippen molar-refractivity contribution in [3.05, 3.63) is 29.8 Å². The van der Waals surface area contributed by atoms with E-state index in [4.69, 9.17) is 5.26 Å². The molecule has 1 aromatic rings. The van der Waals surface area contributed by atoms with Crippen LogP contribution in [0.4, 0.5) is 5.69 Å². The summed E-state index contributed by atoms with van der Waals surface area (Å²) in [5.74, 6) is -0.555. The first-order chi connectivity index (χ1) is 8.29. The van der Waals surface area contributed by atoms with Crippen molar-refractivity contribution in [3.63, 3.8) is 0 Å². The molecule has 0 saturated heterocycles. The van der Waals surface area contributed by atoms with Crippen LogP contribution in [-0.2, 0) is 14.6 Å². The molecule has 0 radical (unpaired) electrons. The van der Waals surface area contributed by atoms with Crippen LogP contribution in [0.2, 0.25) is 0 Å². The molecule has 1 amide bonds. The van der Waals surface area contributed by atoms with Crippen molar-refractivity contribution in [1.29, 1.82) is 5.26 Å². The Morgan fingerprint density at radius 3 is 2.44 bits per heavy atom. The molecule has 0 aliphatic heterocycles. The van der Waals surface area contributed by atoms with Crippen LogP contribution in [0.5, 0.6) is 0 Å². The Kier molecular flexibility index (Phi) is 4.09. The number of rotatable bonds is 3. The van der Waals surface area contributed by atoms with Crippen LogP contribution in [0.25, 0.3) is 0 Å². The first kappa shape index (κ1) is 14.2. The lowest BCUT2D eigenvalue weighted by atomic mass is 10.2. The number of carbonyl (C=O) groups excluding carboxylic acids is 1. The van der Waals surface area contributed by atoms with Crippen LogP contribution >= 0.6 is 0 Å². The van der Waals surface area contributed by atoms with E-state index >= 15 is 0 Å². The number of carbonyl (C=O) groups is 1. The molecule has 0 aliphatic rings. The molecule has 5 nitrogen and oxygen atoms in total. The fraction of sp³-hybridized carbons (Fsp3) is 0.333. The molecule has 0 saturated carbocycles. The fourth-order valence-corrected chi connectivity index (χ4v) is 1.96. The maximum absolute atomic E-state index is 12.0. The standard InChI is InChI=1S/C12H14N2O3S/c1-9(18(3,16)17)12(15)14(2)11-7-5-4-6-10(11)8-13/h4-7,9H,1-3H3. The Balaban J connectivity index is 3.13. The largest absolute Gasteiger partial charge is 0.313 e. The number of amides is 1. The first-order valence-electron chi connectivity index (χ1n) is 5.24. The maximum Gasteiger partial charge on any atom is 0.244 e. The van der Waals surface area contributed by atoms with E-state index in [9.17, 15) is 13.2 Å². The Hall–Kier alpha value is -1.87. The van der Waals surface area contributed by atoms with Gasteiger partial charge in [0.05, 0.1) is 11.3 Å². The Morgan fingerprint density at radius 1 is 1.39 bits per heavy atom. The number of para-hydroxylation sites is 1. The van der Waals surface area contributed by atoms with Gasteiger partial charge in [-0.3, -0.25) is 4.79 Å². The highest BCUT2D eigenvalue weighted by Crippen LogP contribution is 2.19. The van der Waals surface area contributed by atoms with Gasteiger partial charge in [-0.2, -0.15) is 5.26 Å². The van der Waals surface area contributed by atoms with E-state index in [-0.39, 0.29) is 0 Å². The van der Waals surface area contributed by atoms with Crippen molar-refractivity contribution in [2.45, 2.75) is 12.2 Å². The van der Waals surface area contributed by atoms with Crippen LogP contribution in [0.1, 0.15) is 12.5 Å². The quantitative estimate of drug-likeness (QED) is 0.816. The molecule has 96 valence electrons. The van der Waals surface area contributed by atoms with E-state index in [1.54, 1.807) is 24.3 Å². The van der Waals surface area contributed by atoms with Crippen LogP contribution in [-0.4, -0.2) is 32.9 Å². The number of hydrogen-bond acceptors (Lipinski definition) is 4. The summed E-state index contributed by atoms with van der Waals surface area (Å²) >= 11 is 0. The highest BCUT2D eigenvalue weighted by atomic mass is 32.2. The van der Waals surface area contributed by atoms with Gasteiger partial charge in [0.15, 0.2) is 9.84 Å². The average molecular weight is 266 g/mol. The molecule has 0 N–H and O–H groups in total. The third-order valence-corrected chi connectivity index (χ3v) is 4.19. The van der Waals surface area contributed by atoms with Gasteiger partial charge >= 0.3 is 0 Å². The van der Waals surface area contributed by atoms with E-state index in [1.165, 1.54) is 18.9 Å². The van der Waals surface area contributed by atoms with Crippen molar-refractivity contribution in [3.8, 4) is 6.07 Å². The minimum Gasteiger partial charge on any atom is -0.313 e. The van der Waals surface area contributed by atoms with Gasteiger partial charge in [-0.15, -0.1) is 0 Å². The Morgan fingerprint density at radius 2 is 1.94 bits per heavy atom. The second kappa shape index (κ2) is 5.19. The SMILES string of the molecule is CC(C(=O)N(C)c1ccccc1C#N)S(C)(=O)=O. The molecule has 0 fully saturated rings. The van der Waals surface area contributed by atoms with Gasteiger partial charge in [0, 0.05) is 13.3 Å². The van der Waals surface area contributed by atoms with Crippen molar-refractivity contribution < 1.29 is 13.2 Å². The molecule has 6 heteroatoms. The van der Waals surface area contributed by atoms with Crippen LogP contribution < -0.4 is 4.90 Å². The summed E-state index contributed by atoms with van der Waals surface area (Å²) in [5.41, 5.74) is 0.731. The third kappa shape index (κ3) is 2.87. The molecule has 0 aliphatic carbocycles. The summed E-state index contributed by atoms with van der Waals surface area (Å²) in [6.07, 6.45) is 1.01. The van der Waals surface area contributed by atoms with E-state index in [1.807, 2.05) is 6.07 Å². The molecular weight excluding hydrogens is 252 g/mol. The lowest BCUT2D eigenvalue weighted by molar-refractivity contribution is -0.117. The fourth-order valence-electron chi connectivity index (χ4n) is 1.44. The van der Waals surface area contributed by atoms with Crippen LogP contribution in [0, 0.1) is 11.3 Å². The van der Waals surface area contributed by atoms with Crippen LogP contribution in [0.3, 0.4) is 0 Å². The first-order valence-corrected chi connectivity index (χ1v) is 7.20. The number of benzene rings is 1. The second-order valence-electron chi connectivity index (χ2n) is 4.00. The Bertz CT molecular complexity index is 602. The zero-order valence-corrected chi connectivity index (χ0v) is 11.2. The summed E-state index contributed by atoms with van der Waals surface area (Å²) in [7, 11) is -1.99. The summed E-state index contributed by atoms with van der Waals surface area (Å²) in [4.78, 5) is 13.2. The molecule has 0 heterocycles. The summed E-state index contributed by atoms with van der Waals surface area (Å²) < 4.78 is 22.7. The number of hydrogen-bond donors (Lipinski definition) is 0. The molecule has 18 heavy (non-hydrogen) atoms. The molecule has 1 aromatic carbocycles. The Labute approximate surface area is 107 Å². The van der Waals surface area contributed by atoms with Gasteiger partial charge in [-0.1, -0.05) is 12.1 Å². The average Bonchev–Trinajstić information content (AvgIpc) is 2.34. The maximum atomic E-state index is 12.0. The minimum absolute atomic E-state index is 0.328. The van der Waals surface area contributed by atoms with Crippen molar-refractivity contribution >= 4 is 21.4 Å². The number of sulfone groups is 1. The lowest BCUT2D eigenvalue weighted by Crippen LogP contribution is -2.39. The van der Waals surface area contributed by atoms with Gasteiger partial charge in [-0.25, -0.2) is 8.42 Å². The third-order valence-electron chi connectivity index (χ3n) is 2.71. The van der Waals surface area contributed by atoms with E-state index < -0.39 is 21.0 Å². The highest BCUT2D eigenvalue weighted by Gasteiger charge is 2.27. The van der Waals surface area contributed by atoms with Gasteiger partial charge in [0.25, 0.3) is 0 Å². The van der Waals surface area contributed by atoms with Gasteiger partial charge < -0.3 is 4.90 Å². The van der Waals surface area contributed by atoms with Gasteiger partial charge in [0.2, 0.25) is 5.91 Å². The van der Waals surface area contributed by atoms with E-state index in [2.05, 4.69) is 0 Å². The monoisotopic (exact) mass is 266 g/mol. The number of nitrogens with zero attached hydrogens (tertiary/aromatic N) is 2. The van der Waals surface area contributed by atoms with E-state index in [0.29, 0.717) is 11.3 Å². The summed E-state index contributed by atoms with van der Waals surface area (Å²) in [6.45, 7) is 1.34. The zero-order chi connectivity index (χ0) is 13.9. The highest BCUT2D eigenvalue weighted by molar-refractivity contribution is 7.92. The predicted molar refractivity (Wildman–Crippen MR) is 68.9 cm³/mol. The molecule has 0 aromatic heterocycles. The second-order valence-corrected chi connectivity index (χ2v) is 6.36. The zero-order valence-electron chi connectivity index (χ0n) is 10.4. The molecule has 0 spiro atoms. The number of nitriles is 1. The summed E-state index contributed by atoms with van der Waals surface area (Å²) in [5, 5.41) is 7.81. The normalized spacial score (nSPS) is 12.6. The summed E-state index contributed by atoms with van der Waals surface area (Å²) in [6, 6.07) is 8.51. The van der Waals surface area contributed by atoms with Crippen molar-refractivity contribution in [2.75, 3.05) is 18.2 Å². The molecule has 1 atom stereocenters. The smallest absolute Gasteiger partial charge is 0.244 e. The molecule has 0 bridgehead atoms. The van der Waals surface area contributed by atoms with E-state index in [0.717, 1.165) is 6.26 Å². The molecule has 1 unspecified atom stereocenters. The van der Waals surface area contributed by atoms with Crippen LogP contribution in [0.15, 0.2) is 24.3 Å². The number of anilines is 1. The predicted octanol–water partition coefficient (Wildman–Crippen LogP) is 0.954. The van der Waals surface area contributed by atoms with Gasteiger partial charge in [0.1, 0.15) is 11.3 Å². The lowest BCUT2D eigenvalue weighted by Gasteiger charge is -2.21.